The maximum atomic E-state index is 13.7. The summed E-state index contributed by atoms with van der Waals surface area (Å²) in [6, 6.07) is 2.55. The summed E-state index contributed by atoms with van der Waals surface area (Å²) in [6.45, 7) is 2.98. The fourth-order valence-corrected chi connectivity index (χ4v) is 2.05. The first-order chi connectivity index (χ1) is 9.26. The van der Waals surface area contributed by atoms with Gasteiger partial charge in [-0.1, -0.05) is 6.92 Å². The number of nitrogens with zero attached hydrogens (tertiary/aromatic N) is 3. The van der Waals surface area contributed by atoms with Crippen LogP contribution in [-0.4, -0.2) is 14.5 Å². The minimum absolute atomic E-state index is 0.316. The van der Waals surface area contributed by atoms with E-state index in [1.54, 1.807) is 18.5 Å². The lowest BCUT2D eigenvalue weighted by Crippen LogP contribution is -2.31. The zero-order valence-electron chi connectivity index (χ0n) is 10.9. The molecule has 0 saturated carbocycles. The average Bonchev–Trinajstić information content (AvgIpc) is 2.85. The van der Waals surface area contributed by atoms with Gasteiger partial charge in [0.1, 0.15) is 11.6 Å². The first kappa shape index (κ1) is 13.6. The molecule has 2 aromatic rings. The van der Waals surface area contributed by atoms with Crippen LogP contribution in [0, 0.1) is 5.82 Å². The van der Waals surface area contributed by atoms with E-state index >= 15 is 0 Å². The second-order valence-corrected chi connectivity index (χ2v) is 4.33. The molecule has 0 amide bonds. The van der Waals surface area contributed by atoms with Crippen molar-refractivity contribution in [3.63, 3.8) is 0 Å². The average molecular weight is 263 g/mol. The molecule has 2 aromatic heterocycles. The molecule has 6 heteroatoms. The number of imidazole rings is 1. The van der Waals surface area contributed by atoms with Crippen LogP contribution >= 0.6 is 0 Å². The van der Waals surface area contributed by atoms with Gasteiger partial charge >= 0.3 is 0 Å². The van der Waals surface area contributed by atoms with Gasteiger partial charge in [0.15, 0.2) is 0 Å². The molecule has 1 atom stereocenters. The highest BCUT2D eigenvalue weighted by atomic mass is 19.1. The number of hydrogen-bond acceptors (Lipinski definition) is 4. The van der Waals surface area contributed by atoms with E-state index in [1.807, 2.05) is 10.8 Å². The molecule has 0 aromatic carbocycles. The zero-order valence-corrected chi connectivity index (χ0v) is 10.9. The molecular formula is C13H18FN5. The van der Waals surface area contributed by atoms with Crippen molar-refractivity contribution in [3.8, 4) is 0 Å². The summed E-state index contributed by atoms with van der Waals surface area (Å²) >= 11 is 0. The van der Waals surface area contributed by atoms with E-state index in [2.05, 4.69) is 22.3 Å². The molecule has 0 radical (unpaired) electrons. The van der Waals surface area contributed by atoms with Gasteiger partial charge in [0.2, 0.25) is 0 Å². The molecule has 102 valence electrons. The molecule has 19 heavy (non-hydrogen) atoms. The van der Waals surface area contributed by atoms with Gasteiger partial charge in [0.05, 0.1) is 11.7 Å². The molecule has 0 aliphatic heterocycles. The highest BCUT2D eigenvalue weighted by Gasteiger charge is 2.18. The van der Waals surface area contributed by atoms with Gasteiger partial charge < -0.3 is 4.57 Å². The largest absolute Gasteiger partial charge is 0.335 e. The lowest BCUT2D eigenvalue weighted by molar-refractivity contribution is 0.476. The summed E-state index contributed by atoms with van der Waals surface area (Å²) in [5, 5.41) is 0. The third-order valence-electron chi connectivity index (χ3n) is 2.97. The van der Waals surface area contributed by atoms with Crippen LogP contribution in [0.25, 0.3) is 0 Å². The highest BCUT2D eigenvalue weighted by Crippen LogP contribution is 2.17. The summed E-state index contributed by atoms with van der Waals surface area (Å²) in [4.78, 5) is 8.35. The van der Waals surface area contributed by atoms with Crippen molar-refractivity contribution in [2.24, 2.45) is 5.84 Å². The van der Waals surface area contributed by atoms with Crippen molar-refractivity contribution in [1.82, 2.24) is 20.0 Å². The Morgan fingerprint density at radius 2 is 2.26 bits per heavy atom. The second-order valence-electron chi connectivity index (χ2n) is 4.33. The van der Waals surface area contributed by atoms with Crippen molar-refractivity contribution in [2.45, 2.75) is 32.4 Å². The zero-order chi connectivity index (χ0) is 13.7. The van der Waals surface area contributed by atoms with Gasteiger partial charge in [-0.05, 0) is 18.6 Å². The molecular weight excluding hydrogens is 245 g/mol. The molecule has 0 fully saturated rings. The maximum absolute atomic E-state index is 13.7. The van der Waals surface area contributed by atoms with Crippen LogP contribution in [0.2, 0.25) is 0 Å². The number of rotatable bonds is 6. The molecule has 1 unspecified atom stereocenters. The van der Waals surface area contributed by atoms with Crippen LogP contribution < -0.4 is 11.3 Å². The predicted molar refractivity (Wildman–Crippen MR) is 70.5 cm³/mol. The minimum Gasteiger partial charge on any atom is -0.335 e. The summed E-state index contributed by atoms with van der Waals surface area (Å²) in [5.74, 6) is 6.03. The Bertz CT molecular complexity index is 525. The van der Waals surface area contributed by atoms with Crippen molar-refractivity contribution < 1.29 is 4.39 Å². The number of nitrogens with one attached hydrogen (secondary N) is 1. The number of hydrazine groups is 1. The van der Waals surface area contributed by atoms with Crippen molar-refractivity contribution >= 4 is 0 Å². The third kappa shape index (κ3) is 3.15. The molecule has 2 rings (SSSR count). The van der Waals surface area contributed by atoms with E-state index in [-0.39, 0.29) is 11.9 Å². The summed E-state index contributed by atoms with van der Waals surface area (Å²) in [6.07, 6.45) is 6.73. The Balaban J connectivity index is 2.19. The second kappa shape index (κ2) is 6.40. The Morgan fingerprint density at radius 3 is 2.95 bits per heavy atom. The van der Waals surface area contributed by atoms with Crippen LogP contribution in [0.15, 0.2) is 30.7 Å². The Kier molecular flexibility index (Phi) is 4.59. The normalized spacial score (nSPS) is 12.6. The molecule has 0 bridgehead atoms. The number of halogens is 1. The topological polar surface area (TPSA) is 68.8 Å². The summed E-state index contributed by atoms with van der Waals surface area (Å²) in [7, 11) is 0. The minimum atomic E-state index is -0.390. The number of hydrogen-bond donors (Lipinski definition) is 2. The van der Waals surface area contributed by atoms with Crippen LogP contribution in [0.3, 0.4) is 0 Å². The monoisotopic (exact) mass is 263 g/mol. The van der Waals surface area contributed by atoms with Gasteiger partial charge in [0.25, 0.3) is 0 Å². The van der Waals surface area contributed by atoms with Gasteiger partial charge in [-0.25, -0.2) is 9.37 Å². The fourth-order valence-electron chi connectivity index (χ4n) is 2.05. The SMILES string of the molecule is CCCn1ccnc1CC(NN)c1ncccc1F. The maximum Gasteiger partial charge on any atom is 0.146 e. The third-order valence-corrected chi connectivity index (χ3v) is 2.97. The smallest absolute Gasteiger partial charge is 0.146 e. The number of aryl methyl sites for hydroxylation is 1. The van der Waals surface area contributed by atoms with Gasteiger partial charge in [-0.3, -0.25) is 16.3 Å². The quantitative estimate of drug-likeness (QED) is 0.613. The van der Waals surface area contributed by atoms with Gasteiger partial charge in [-0.2, -0.15) is 0 Å². The van der Waals surface area contributed by atoms with E-state index in [1.165, 1.54) is 6.07 Å². The molecule has 3 N–H and O–H groups in total. The molecule has 0 spiro atoms. The number of aromatic nitrogens is 3. The number of pyridine rings is 1. The summed E-state index contributed by atoms with van der Waals surface area (Å²) < 4.78 is 15.8. The van der Waals surface area contributed by atoms with Gasteiger partial charge in [0, 0.05) is 31.6 Å². The van der Waals surface area contributed by atoms with Crippen LogP contribution in [0.1, 0.15) is 30.9 Å². The highest BCUT2D eigenvalue weighted by molar-refractivity contribution is 5.13. The molecule has 5 nitrogen and oxygen atoms in total. The first-order valence-electron chi connectivity index (χ1n) is 6.32. The Morgan fingerprint density at radius 1 is 1.42 bits per heavy atom. The fraction of sp³-hybridized carbons (Fsp3) is 0.385. The molecule has 0 aliphatic rings. The van der Waals surface area contributed by atoms with E-state index < -0.39 is 0 Å². The predicted octanol–water partition coefficient (Wildman–Crippen LogP) is 1.57. The van der Waals surface area contributed by atoms with E-state index in [4.69, 9.17) is 5.84 Å². The van der Waals surface area contributed by atoms with Crippen molar-refractivity contribution in [1.29, 1.82) is 0 Å². The lowest BCUT2D eigenvalue weighted by Gasteiger charge is -2.16. The van der Waals surface area contributed by atoms with E-state index in [0.717, 1.165) is 18.8 Å². The van der Waals surface area contributed by atoms with Crippen molar-refractivity contribution in [2.75, 3.05) is 0 Å². The molecule has 0 saturated heterocycles. The van der Waals surface area contributed by atoms with Gasteiger partial charge in [-0.15, -0.1) is 0 Å². The van der Waals surface area contributed by atoms with E-state index in [9.17, 15) is 4.39 Å². The van der Waals surface area contributed by atoms with Crippen LogP contribution in [0.4, 0.5) is 4.39 Å². The standard InChI is InChI=1S/C13H18FN5/c1-2-7-19-8-6-16-12(19)9-11(18-15)13-10(14)4-3-5-17-13/h3-6,8,11,18H,2,7,9,15H2,1H3. The van der Waals surface area contributed by atoms with Crippen LogP contribution in [0.5, 0.6) is 0 Å². The van der Waals surface area contributed by atoms with E-state index in [0.29, 0.717) is 12.1 Å². The molecule has 0 aliphatic carbocycles. The molecule has 2 heterocycles. The first-order valence-corrected chi connectivity index (χ1v) is 6.32. The van der Waals surface area contributed by atoms with Crippen molar-refractivity contribution in [3.05, 3.63) is 48.1 Å². The summed E-state index contributed by atoms with van der Waals surface area (Å²) in [5.41, 5.74) is 2.93. The van der Waals surface area contributed by atoms with Crippen LogP contribution in [-0.2, 0) is 13.0 Å². The Hall–Kier alpha value is -1.79. The lowest BCUT2D eigenvalue weighted by atomic mass is 10.1. The Labute approximate surface area is 111 Å². The number of nitrogens with two attached hydrogens (primary N) is 1.